The van der Waals surface area contributed by atoms with Crippen LogP contribution < -0.4 is 10.1 Å². The quantitative estimate of drug-likeness (QED) is 0.851. The highest BCUT2D eigenvalue weighted by molar-refractivity contribution is 5.36. The van der Waals surface area contributed by atoms with Gasteiger partial charge >= 0.3 is 0 Å². The molecule has 0 radical (unpaired) electrons. The number of para-hydroxylation sites is 1. The van der Waals surface area contributed by atoms with Crippen molar-refractivity contribution in [2.24, 2.45) is 0 Å². The molecule has 1 heterocycles. The summed E-state index contributed by atoms with van der Waals surface area (Å²) in [6, 6.07) is 8.40. The van der Waals surface area contributed by atoms with Gasteiger partial charge in [-0.3, -0.25) is 0 Å². The minimum Gasteiger partial charge on any atom is -0.488 e. The lowest BCUT2D eigenvalue weighted by Gasteiger charge is -2.18. The van der Waals surface area contributed by atoms with Crippen molar-refractivity contribution in [2.75, 3.05) is 7.05 Å². The number of nitrogens with zero attached hydrogens (tertiary/aromatic N) is 1. The lowest BCUT2D eigenvalue weighted by Crippen LogP contribution is -2.16. The zero-order valence-electron chi connectivity index (χ0n) is 10.7. The molecule has 4 heteroatoms. The standard InChI is InChI=1S/C14H18N2O2/c1-3-13(15-2)12-6-4-5-7-14(12)17-9-11-8-16-18-10-11/h4-8,10,13,15H,3,9H2,1-2H3. The summed E-state index contributed by atoms with van der Waals surface area (Å²) >= 11 is 0. The summed E-state index contributed by atoms with van der Waals surface area (Å²) in [6.07, 6.45) is 4.28. The second-order valence-electron chi connectivity index (χ2n) is 4.11. The third kappa shape index (κ3) is 2.90. The minimum absolute atomic E-state index is 0.309. The van der Waals surface area contributed by atoms with Crippen LogP contribution in [-0.4, -0.2) is 12.2 Å². The zero-order valence-corrected chi connectivity index (χ0v) is 10.7. The maximum absolute atomic E-state index is 5.83. The molecule has 0 aliphatic rings. The molecule has 2 rings (SSSR count). The Bertz CT molecular complexity index is 464. The van der Waals surface area contributed by atoms with Crippen LogP contribution in [0.25, 0.3) is 0 Å². The summed E-state index contributed by atoms with van der Waals surface area (Å²) in [5.41, 5.74) is 2.11. The topological polar surface area (TPSA) is 47.3 Å². The van der Waals surface area contributed by atoms with E-state index in [0.29, 0.717) is 12.6 Å². The molecule has 96 valence electrons. The Morgan fingerprint density at radius 2 is 2.22 bits per heavy atom. The van der Waals surface area contributed by atoms with E-state index < -0.39 is 0 Å². The molecule has 0 spiro atoms. The molecule has 0 aliphatic carbocycles. The number of hydrogen-bond acceptors (Lipinski definition) is 4. The molecule has 1 N–H and O–H groups in total. The second-order valence-corrected chi connectivity index (χ2v) is 4.11. The smallest absolute Gasteiger partial charge is 0.130 e. The fraction of sp³-hybridized carbons (Fsp3) is 0.357. The van der Waals surface area contributed by atoms with Crippen LogP contribution in [0.2, 0.25) is 0 Å². The van der Waals surface area contributed by atoms with Crippen LogP contribution in [0.1, 0.15) is 30.5 Å². The molecule has 0 fully saturated rings. The highest BCUT2D eigenvalue weighted by Gasteiger charge is 2.12. The molecule has 18 heavy (non-hydrogen) atoms. The number of benzene rings is 1. The zero-order chi connectivity index (χ0) is 12.8. The summed E-state index contributed by atoms with van der Waals surface area (Å²) in [5, 5.41) is 6.95. The van der Waals surface area contributed by atoms with Gasteiger partial charge in [0.1, 0.15) is 18.6 Å². The van der Waals surface area contributed by atoms with Crippen LogP contribution >= 0.6 is 0 Å². The lowest BCUT2D eigenvalue weighted by atomic mass is 10.0. The Labute approximate surface area is 107 Å². The van der Waals surface area contributed by atoms with Gasteiger partial charge in [0.05, 0.1) is 6.20 Å². The molecule has 0 amide bonds. The Morgan fingerprint density at radius 1 is 1.39 bits per heavy atom. The minimum atomic E-state index is 0.309. The van der Waals surface area contributed by atoms with Crippen molar-refractivity contribution in [3.8, 4) is 5.75 Å². The molecule has 0 aliphatic heterocycles. The van der Waals surface area contributed by atoms with Crippen molar-refractivity contribution in [3.05, 3.63) is 47.9 Å². The van der Waals surface area contributed by atoms with E-state index in [1.165, 1.54) is 5.56 Å². The van der Waals surface area contributed by atoms with Gasteiger partial charge in [-0.15, -0.1) is 0 Å². The van der Waals surface area contributed by atoms with E-state index in [9.17, 15) is 0 Å². The average molecular weight is 246 g/mol. The first-order chi connectivity index (χ1) is 8.85. The highest BCUT2D eigenvalue weighted by atomic mass is 16.5. The van der Waals surface area contributed by atoms with Crippen molar-refractivity contribution in [1.29, 1.82) is 0 Å². The van der Waals surface area contributed by atoms with Crippen LogP contribution in [0.15, 0.2) is 41.2 Å². The normalized spacial score (nSPS) is 12.3. The third-order valence-electron chi connectivity index (χ3n) is 2.93. The van der Waals surface area contributed by atoms with Crippen molar-refractivity contribution >= 4 is 0 Å². The van der Waals surface area contributed by atoms with E-state index >= 15 is 0 Å². The van der Waals surface area contributed by atoms with Gasteiger partial charge in [0.15, 0.2) is 0 Å². The number of ether oxygens (including phenoxy) is 1. The van der Waals surface area contributed by atoms with Gasteiger partial charge in [0.25, 0.3) is 0 Å². The Balaban J connectivity index is 2.12. The maximum Gasteiger partial charge on any atom is 0.130 e. The van der Waals surface area contributed by atoms with Crippen LogP contribution in [0.3, 0.4) is 0 Å². The first-order valence-electron chi connectivity index (χ1n) is 6.12. The van der Waals surface area contributed by atoms with Crippen LogP contribution in [0.5, 0.6) is 5.75 Å². The largest absolute Gasteiger partial charge is 0.488 e. The van der Waals surface area contributed by atoms with Crippen molar-refractivity contribution in [3.63, 3.8) is 0 Å². The molecule has 1 unspecified atom stereocenters. The van der Waals surface area contributed by atoms with Crippen LogP contribution in [0.4, 0.5) is 0 Å². The van der Waals surface area contributed by atoms with Gasteiger partial charge in [-0.25, -0.2) is 0 Å². The summed E-state index contributed by atoms with van der Waals surface area (Å²) in [5.74, 6) is 0.903. The van der Waals surface area contributed by atoms with E-state index in [4.69, 9.17) is 9.26 Å². The van der Waals surface area contributed by atoms with Crippen molar-refractivity contribution in [1.82, 2.24) is 10.5 Å². The van der Waals surface area contributed by atoms with E-state index in [-0.39, 0.29) is 0 Å². The monoisotopic (exact) mass is 246 g/mol. The lowest BCUT2D eigenvalue weighted by molar-refractivity contribution is 0.297. The second kappa shape index (κ2) is 6.21. The molecular formula is C14H18N2O2. The molecule has 1 aromatic heterocycles. The molecule has 0 saturated heterocycles. The summed E-state index contributed by atoms with van der Waals surface area (Å²) in [6.45, 7) is 2.62. The van der Waals surface area contributed by atoms with Crippen molar-refractivity contribution < 1.29 is 9.26 Å². The van der Waals surface area contributed by atoms with Crippen LogP contribution in [0, 0.1) is 0 Å². The average Bonchev–Trinajstić information content (AvgIpc) is 2.92. The summed E-state index contributed by atoms with van der Waals surface area (Å²) in [7, 11) is 1.96. The Kier molecular flexibility index (Phi) is 4.36. The number of nitrogens with one attached hydrogen (secondary N) is 1. The third-order valence-corrected chi connectivity index (χ3v) is 2.93. The predicted octanol–water partition coefficient (Wildman–Crippen LogP) is 2.92. The fourth-order valence-corrected chi connectivity index (χ4v) is 1.94. The maximum atomic E-state index is 5.83. The Morgan fingerprint density at radius 3 is 2.89 bits per heavy atom. The Hall–Kier alpha value is -1.81. The van der Waals surface area contributed by atoms with Gasteiger partial charge < -0.3 is 14.6 Å². The highest BCUT2D eigenvalue weighted by Crippen LogP contribution is 2.27. The van der Waals surface area contributed by atoms with Gasteiger partial charge in [-0.1, -0.05) is 30.3 Å². The molecule has 2 aromatic rings. The van der Waals surface area contributed by atoms with Gasteiger partial charge in [0, 0.05) is 17.2 Å². The molecule has 1 aromatic carbocycles. The summed E-state index contributed by atoms with van der Waals surface area (Å²) in [4.78, 5) is 0. The van der Waals surface area contributed by atoms with E-state index in [2.05, 4.69) is 23.5 Å². The molecular weight excluding hydrogens is 228 g/mol. The van der Waals surface area contributed by atoms with E-state index in [1.54, 1.807) is 12.5 Å². The van der Waals surface area contributed by atoms with Gasteiger partial charge in [-0.2, -0.15) is 0 Å². The number of rotatable bonds is 6. The van der Waals surface area contributed by atoms with E-state index in [1.807, 2.05) is 25.2 Å². The van der Waals surface area contributed by atoms with Gasteiger partial charge in [0.2, 0.25) is 0 Å². The molecule has 1 atom stereocenters. The number of aromatic nitrogens is 1. The first kappa shape index (κ1) is 12.6. The SMILES string of the molecule is CCC(NC)c1ccccc1OCc1cnoc1. The van der Waals surface area contributed by atoms with Crippen LogP contribution in [-0.2, 0) is 6.61 Å². The molecule has 0 saturated carbocycles. The molecule has 0 bridgehead atoms. The fourth-order valence-electron chi connectivity index (χ4n) is 1.94. The van der Waals surface area contributed by atoms with Crippen molar-refractivity contribution in [2.45, 2.75) is 26.0 Å². The molecule has 4 nitrogen and oxygen atoms in total. The van der Waals surface area contributed by atoms with E-state index in [0.717, 1.165) is 17.7 Å². The number of hydrogen-bond donors (Lipinski definition) is 1. The summed E-state index contributed by atoms with van der Waals surface area (Å²) < 4.78 is 10.6. The first-order valence-corrected chi connectivity index (χ1v) is 6.12. The van der Waals surface area contributed by atoms with Gasteiger partial charge in [-0.05, 0) is 19.5 Å². The predicted molar refractivity (Wildman–Crippen MR) is 69.4 cm³/mol.